The molecule has 0 spiro atoms. The molecule has 0 aromatic rings. The van der Waals surface area contributed by atoms with E-state index in [2.05, 4.69) is 0 Å². The second-order valence-electron chi connectivity index (χ2n) is 1.36. The summed E-state index contributed by atoms with van der Waals surface area (Å²) in [6.45, 7) is -0.599. The van der Waals surface area contributed by atoms with E-state index in [1.165, 1.54) is 0 Å². The Morgan fingerprint density at radius 1 is 2.00 bits per heavy atom. The van der Waals surface area contributed by atoms with Crippen LogP contribution in [0.25, 0.3) is 0 Å². The molecule has 0 amide bonds. The van der Waals surface area contributed by atoms with Gasteiger partial charge in [-0.2, -0.15) is 0 Å². The van der Waals surface area contributed by atoms with E-state index in [1.807, 2.05) is 0 Å². The first-order valence-electron chi connectivity index (χ1n) is 6.48. The Labute approximate surface area is 71.6 Å². The largest absolute Gasteiger partial charge is 0.480 e. The number of carboxylic acid groups (broad SMARTS) is 1. The van der Waals surface area contributed by atoms with E-state index in [4.69, 9.17) is 21.9 Å². The molecule has 60 valence electrons. The predicted octanol–water partition coefficient (Wildman–Crippen LogP) is -0.473. The molecule has 0 aliphatic heterocycles. The lowest BCUT2D eigenvalue weighted by Gasteiger charge is -2.03. The highest BCUT2D eigenvalue weighted by molar-refractivity contribution is 5.72. The second kappa shape index (κ2) is 5.20. The van der Waals surface area contributed by atoms with Gasteiger partial charge in [-0.15, -0.1) is 0 Å². The average molecular weight is 154 g/mol. The van der Waals surface area contributed by atoms with Crippen molar-refractivity contribution in [3.8, 4) is 0 Å². The number of nitrogens with two attached hydrogens (primary N) is 2. The SMILES string of the molecule is [2H]C(CN)C([2H])([2H])C([2H])([2H])[C@]([2H])(C(=O)O)N([2H])[2H]. The monoisotopic (exact) mass is 154 g/mol. The Bertz CT molecular complexity index is 325. The number of rotatable bonds is 6. The van der Waals surface area contributed by atoms with Crippen molar-refractivity contribution < 1.29 is 20.9 Å². The fourth-order valence-corrected chi connectivity index (χ4v) is 0.232. The van der Waals surface area contributed by atoms with Gasteiger partial charge in [0.1, 0.15) is 8.84 Å². The summed E-state index contributed by atoms with van der Waals surface area (Å²) >= 11 is 0. The number of aliphatic carboxylic acids is 1. The highest BCUT2D eigenvalue weighted by atomic mass is 16.4. The third-order valence-corrected chi connectivity index (χ3v) is 0.613. The second-order valence-corrected chi connectivity index (χ2v) is 1.36. The van der Waals surface area contributed by atoms with Crippen LogP contribution in [0.1, 0.15) is 27.4 Å². The standard InChI is InChI=1S/C6H14N2O2/c7-4-2-1-3-5(8)6(9)10/h5H,1-4,7-8H2,(H,9,10)/t5-/m1/s1/i1D2,2D,3D2,5D/hD2/t2?,5-. The van der Waals surface area contributed by atoms with Gasteiger partial charge in [-0.3, -0.25) is 4.79 Å². The van der Waals surface area contributed by atoms with Crippen LogP contribution in [-0.4, -0.2) is 23.6 Å². The molecule has 0 fully saturated rings. The smallest absolute Gasteiger partial charge is 0.320 e. The number of hydrogen-bond donors (Lipinski definition) is 3. The molecule has 0 saturated carbocycles. The van der Waals surface area contributed by atoms with Gasteiger partial charge in [-0.1, -0.05) is 6.37 Å². The minimum absolute atomic E-state index is 0.599. The lowest BCUT2D eigenvalue weighted by Crippen LogP contribution is -2.29. The Morgan fingerprint density at radius 3 is 3.10 bits per heavy atom. The van der Waals surface area contributed by atoms with Crippen molar-refractivity contribution in [1.82, 2.24) is 0 Å². The molecule has 0 rings (SSSR count). The molecule has 4 heteroatoms. The number of carboxylic acids is 1. The maximum absolute atomic E-state index is 10.9. The van der Waals surface area contributed by atoms with E-state index in [0.717, 1.165) is 0 Å². The Kier molecular flexibility index (Phi) is 1.28. The Balaban J connectivity index is 5.80. The number of carbonyl (C=O) groups is 1. The molecule has 0 radical (unpaired) electrons. The summed E-state index contributed by atoms with van der Waals surface area (Å²) in [6.07, 6.45) is -8.46. The van der Waals surface area contributed by atoms with Crippen molar-refractivity contribution in [3.05, 3.63) is 0 Å². The van der Waals surface area contributed by atoms with Crippen molar-refractivity contribution >= 4 is 5.97 Å². The third kappa shape index (κ3) is 4.29. The van der Waals surface area contributed by atoms with Crippen LogP contribution in [0.2, 0.25) is 2.82 Å². The molecular formula is C6H14N2O2. The molecule has 0 bridgehead atoms. The van der Waals surface area contributed by atoms with Gasteiger partial charge in [0.2, 0.25) is 0 Å². The lowest BCUT2D eigenvalue weighted by molar-refractivity contribution is -0.138. The first-order chi connectivity index (χ1) is 7.87. The van der Waals surface area contributed by atoms with Crippen LogP contribution in [0.5, 0.6) is 0 Å². The molecule has 4 nitrogen and oxygen atoms in total. The molecule has 5 N–H and O–H groups in total. The molecule has 10 heavy (non-hydrogen) atoms. The van der Waals surface area contributed by atoms with Gasteiger partial charge in [0, 0.05) is 6.85 Å². The Hall–Kier alpha value is -0.610. The van der Waals surface area contributed by atoms with Gasteiger partial charge >= 0.3 is 5.97 Å². The predicted molar refractivity (Wildman–Crippen MR) is 38.5 cm³/mol. The average Bonchev–Trinajstić information content (AvgIpc) is 2.25. The topological polar surface area (TPSA) is 89.3 Å². The maximum Gasteiger partial charge on any atom is 0.320 e. The van der Waals surface area contributed by atoms with Crippen molar-refractivity contribution in [2.75, 3.05) is 6.54 Å². The summed E-state index contributed by atoms with van der Waals surface area (Å²) in [7, 11) is 0. The van der Waals surface area contributed by atoms with Crippen LogP contribution in [-0.2, 0) is 4.79 Å². The molecule has 0 saturated heterocycles. The van der Waals surface area contributed by atoms with E-state index >= 15 is 0 Å². The van der Waals surface area contributed by atoms with E-state index in [9.17, 15) is 4.79 Å². The highest BCUT2D eigenvalue weighted by Gasteiger charge is 2.09. The first kappa shape index (κ1) is 2.46. The van der Waals surface area contributed by atoms with E-state index in [1.54, 1.807) is 0 Å². The third-order valence-electron chi connectivity index (χ3n) is 0.613. The molecule has 0 aliphatic rings. The summed E-state index contributed by atoms with van der Waals surface area (Å²) in [5, 5.41) is 8.79. The minimum atomic E-state index is -3.52. The van der Waals surface area contributed by atoms with E-state index in [-0.39, 0.29) is 0 Å². The zero-order chi connectivity index (χ0) is 14.9. The molecule has 1 unspecified atom stereocenters. The zero-order valence-corrected chi connectivity index (χ0v) is 5.16. The highest BCUT2D eigenvalue weighted by Crippen LogP contribution is 1.96. The van der Waals surface area contributed by atoms with E-state index < -0.39 is 43.4 Å². The van der Waals surface area contributed by atoms with Crippen LogP contribution < -0.4 is 11.5 Å². The zero-order valence-electron chi connectivity index (χ0n) is 13.2. The summed E-state index contributed by atoms with van der Waals surface area (Å²) in [5.41, 5.74) is 4.30. The van der Waals surface area contributed by atoms with E-state index in [0.29, 0.717) is 0 Å². The lowest BCUT2D eigenvalue weighted by atomic mass is 10.1. The minimum Gasteiger partial charge on any atom is -0.480 e. The fourth-order valence-electron chi connectivity index (χ4n) is 0.232. The van der Waals surface area contributed by atoms with Gasteiger partial charge in [0.25, 0.3) is 0 Å². The van der Waals surface area contributed by atoms with Crippen molar-refractivity contribution in [3.63, 3.8) is 0 Å². The maximum atomic E-state index is 10.9. The molecule has 0 aliphatic carbocycles. The molecule has 0 aromatic heterocycles. The van der Waals surface area contributed by atoms with Crippen LogP contribution >= 0.6 is 0 Å². The van der Waals surface area contributed by atoms with Gasteiger partial charge < -0.3 is 16.6 Å². The first-order valence-corrected chi connectivity index (χ1v) is 2.51. The van der Waals surface area contributed by atoms with Crippen molar-refractivity contribution in [2.45, 2.75) is 25.2 Å². The molecule has 2 atom stereocenters. The summed E-state index contributed by atoms with van der Waals surface area (Å²) in [4.78, 5) is 10.9. The van der Waals surface area contributed by atoms with Crippen LogP contribution in [0, 0.1) is 0 Å². The summed E-state index contributed by atoms with van der Waals surface area (Å²) in [5.74, 6) is -2.20. The normalized spacial score (nSPS) is 34.2. The van der Waals surface area contributed by atoms with Gasteiger partial charge in [-0.05, 0) is 19.3 Å². The van der Waals surface area contributed by atoms with Crippen molar-refractivity contribution in [2.24, 2.45) is 11.5 Å². The van der Waals surface area contributed by atoms with Gasteiger partial charge in [-0.25, -0.2) is 0 Å². The molecule has 0 aromatic carbocycles. The van der Waals surface area contributed by atoms with Crippen molar-refractivity contribution in [1.29, 1.82) is 0 Å². The molecule has 0 heterocycles. The van der Waals surface area contributed by atoms with Crippen LogP contribution in [0.15, 0.2) is 0 Å². The molecular weight excluding hydrogens is 132 g/mol. The van der Waals surface area contributed by atoms with Crippen LogP contribution in [0.4, 0.5) is 0 Å². The van der Waals surface area contributed by atoms with Gasteiger partial charge in [0.15, 0.2) is 0 Å². The quantitative estimate of drug-likeness (QED) is 0.482. The summed E-state index contributed by atoms with van der Waals surface area (Å²) in [6, 6.07) is -3.52. The number of hydrogen-bond acceptors (Lipinski definition) is 3. The fraction of sp³-hybridized carbons (Fsp3) is 0.833. The van der Waals surface area contributed by atoms with Crippen LogP contribution in [0.3, 0.4) is 0 Å². The summed E-state index contributed by atoms with van der Waals surface area (Å²) < 4.78 is 58.0. The Morgan fingerprint density at radius 2 is 2.70 bits per heavy atom. The van der Waals surface area contributed by atoms with Gasteiger partial charge in [0.05, 0.1) is 1.37 Å².